The van der Waals surface area contributed by atoms with Crippen molar-refractivity contribution in [2.75, 3.05) is 11.4 Å². The first kappa shape index (κ1) is 14.5. The van der Waals surface area contributed by atoms with Crippen molar-refractivity contribution in [1.82, 2.24) is 0 Å². The molecule has 0 aromatic heterocycles. The van der Waals surface area contributed by atoms with Crippen LogP contribution in [0.3, 0.4) is 0 Å². The Kier molecular flexibility index (Phi) is 4.69. The first-order valence-corrected chi connectivity index (χ1v) is 6.62. The molecule has 0 aliphatic carbocycles. The third-order valence-electron chi connectivity index (χ3n) is 3.30. The number of nitrogens with zero attached hydrogens (tertiary/aromatic N) is 1. The molecular formula is C16H18F2N2. The maximum absolute atomic E-state index is 13.7. The van der Waals surface area contributed by atoms with Crippen molar-refractivity contribution in [1.29, 1.82) is 0 Å². The molecule has 0 unspecified atom stereocenters. The van der Waals surface area contributed by atoms with Gasteiger partial charge in [-0.15, -0.1) is 0 Å². The molecule has 0 bridgehead atoms. The first-order valence-electron chi connectivity index (χ1n) is 6.62. The van der Waals surface area contributed by atoms with Crippen LogP contribution in [0.4, 0.5) is 14.5 Å². The van der Waals surface area contributed by atoms with Gasteiger partial charge in [0.2, 0.25) is 0 Å². The van der Waals surface area contributed by atoms with Crippen LogP contribution in [0.5, 0.6) is 0 Å². The summed E-state index contributed by atoms with van der Waals surface area (Å²) >= 11 is 0. The van der Waals surface area contributed by atoms with Gasteiger partial charge in [0, 0.05) is 37.0 Å². The van der Waals surface area contributed by atoms with Gasteiger partial charge in [-0.3, -0.25) is 0 Å². The summed E-state index contributed by atoms with van der Waals surface area (Å²) in [6.45, 7) is 3.64. The Bertz CT molecular complexity index is 567. The second-order valence-corrected chi connectivity index (χ2v) is 4.62. The van der Waals surface area contributed by atoms with Crippen LogP contribution in [-0.4, -0.2) is 6.54 Å². The van der Waals surface area contributed by atoms with E-state index in [1.165, 1.54) is 12.1 Å². The Balaban J connectivity index is 2.19. The zero-order chi connectivity index (χ0) is 14.5. The second kappa shape index (κ2) is 6.48. The summed E-state index contributed by atoms with van der Waals surface area (Å²) in [4.78, 5) is 2.02. The lowest BCUT2D eigenvalue weighted by molar-refractivity contribution is 0.569. The lowest BCUT2D eigenvalue weighted by Crippen LogP contribution is -2.22. The predicted octanol–water partition coefficient (Wildman–Crippen LogP) is 3.45. The van der Waals surface area contributed by atoms with Gasteiger partial charge in [-0.25, -0.2) is 8.78 Å². The summed E-state index contributed by atoms with van der Waals surface area (Å²) in [6, 6.07) is 11.5. The quantitative estimate of drug-likeness (QED) is 0.906. The molecule has 0 saturated carbocycles. The van der Waals surface area contributed by atoms with E-state index in [0.717, 1.165) is 23.9 Å². The van der Waals surface area contributed by atoms with Crippen molar-refractivity contribution in [3.8, 4) is 0 Å². The van der Waals surface area contributed by atoms with Gasteiger partial charge in [-0.2, -0.15) is 0 Å². The molecular weight excluding hydrogens is 258 g/mol. The van der Waals surface area contributed by atoms with Crippen LogP contribution in [0.15, 0.2) is 42.5 Å². The summed E-state index contributed by atoms with van der Waals surface area (Å²) in [7, 11) is 0. The van der Waals surface area contributed by atoms with Gasteiger partial charge in [-0.05, 0) is 30.7 Å². The number of nitrogens with two attached hydrogens (primary N) is 1. The molecule has 0 amide bonds. The number of halogens is 2. The van der Waals surface area contributed by atoms with E-state index in [4.69, 9.17) is 5.73 Å². The maximum Gasteiger partial charge on any atom is 0.131 e. The van der Waals surface area contributed by atoms with E-state index >= 15 is 0 Å². The van der Waals surface area contributed by atoms with Crippen LogP contribution in [0.25, 0.3) is 0 Å². The molecule has 0 atom stereocenters. The van der Waals surface area contributed by atoms with Crippen LogP contribution >= 0.6 is 0 Å². The fourth-order valence-corrected chi connectivity index (χ4v) is 2.08. The van der Waals surface area contributed by atoms with Crippen LogP contribution in [0.2, 0.25) is 0 Å². The Morgan fingerprint density at radius 1 is 1.05 bits per heavy atom. The second-order valence-electron chi connectivity index (χ2n) is 4.62. The van der Waals surface area contributed by atoms with Crippen molar-refractivity contribution in [3.05, 3.63) is 65.2 Å². The molecule has 0 fully saturated rings. The largest absolute Gasteiger partial charge is 0.367 e. The van der Waals surface area contributed by atoms with Crippen molar-refractivity contribution in [3.63, 3.8) is 0 Å². The zero-order valence-electron chi connectivity index (χ0n) is 11.4. The van der Waals surface area contributed by atoms with E-state index in [9.17, 15) is 8.78 Å². The molecule has 2 aromatic carbocycles. The highest BCUT2D eigenvalue weighted by atomic mass is 19.1. The Morgan fingerprint density at radius 2 is 1.75 bits per heavy atom. The van der Waals surface area contributed by atoms with Crippen molar-refractivity contribution in [2.24, 2.45) is 5.73 Å². The number of anilines is 1. The first-order chi connectivity index (χ1) is 9.63. The molecule has 0 radical (unpaired) electrons. The third kappa shape index (κ3) is 3.33. The van der Waals surface area contributed by atoms with E-state index in [1.807, 2.05) is 36.1 Å². The summed E-state index contributed by atoms with van der Waals surface area (Å²) in [5.41, 5.74) is 8.10. The summed E-state index contributed by atoms with van der Waals surface area (Å²) < 4.78 is 26.6. The fraction of sp³-hybridized carbons (Fsp3) is 0.250. The third-order valence-corrected chi connectivity index (χ3v) is 3.30. The number of hydrogen-bond donors (Lipinski definition) is 1. The molecule has 0 saturated heterocycles. The summed E-state index contributed by atoms with van der Waals surface area (Å²) in [6.07, 6.45) is 0. The van der Waals surface area contributed by atoms with Gasteiger partial charge < -0.3 is 10.6 Å². The zero-order valence-corrected chi connectivity index (χ0v) is 11.4. The Hall–Kier alpha value is -1.94. The molecule has 0 heterocycles. The molecule has 4 heteroatoms. The highest BCUT2D eigenvalue weighted by Gasteiger charge is 2.09. The minimum atomic E-state index is -0.554. The van der Waals surface area contributed by atoms with Crippen LogP contribution < -0.4 is 10.6 Å². The van der Waals surface area contributed by atoms with Crippen LogP contribution in [-0.2, 0) is 13.1 Å². The average Bonchev–Trinajstić information content (AvgIpc) is 2.47. The van der Waals surface area contributed by atoms with Crippen molar-refractivity contribution >= 4 is 5.69 Å². The maximum atomic E-state index is 13.7. The molecule has 2 N–H and O–H groups in total. The van der Waals surface area contributed by atoms with Gasteiger partial charge in [-0.1, -0.05) is 18.2 Å². The van der Waals surface area contributed by atoms with Crippen LogP contribution in [0, 0.1) is 11.6 Å². The van der Waals surface area contributed by atoms with E-state index in [-0.39, 0.29) is 0 Å². The standard InChI is InChI=1S/C16H18F2N2/c1-2-20(15-7-3-12(10-19)4-8-15)11-13-5-6-14(17)9-16(13)18/h3-9H,2,10-11,19H2,1H3. The van der Waals surface area contributed by atoms with Crippen molar-refractivity contribution in [2.45, 2.75) is 20.0 Å². The smallest absolute Gasteiger partial charge is 0.131 e. The normalized spacial score (nSPS) is 10.6. The molecule has 20 heavy (non-hydrogen) atoms. The Labute approximate surface area is 117 Å². The average molecular weight is 276 g/mol. The van der Waals surface area contributed by atoms with E-state index < -0.39 is 11.6 Å². The molecule has 106 valence electrons. The van der Waals surface area contributed by atoms with Gasteiger partial charge in [0.05, 0.1) is 0 Å². The minimum absolute atomic E-state index is 0.407. The summed E-state index contributed by atoms with van der Waals surface area (Å²) in [5, 5.41) is 0. The lowest BCUT2D eigenvalue weighted by Gasteiger charge is -2.23. The molecule has 0 aliphatic rings. The SMILES string of the molecule is CCN(Cc1ccc(F)cc1F)c1ccc(CN)cc1. The molecule has 2 nitrogen and oxygen atoms in total. The van der Waals surface area contributed by atoms with Crippen LogP contribution in [0.1, 0.15) is 18.1 Å². The lowest BCUT2D eigenvalue weighted by atomic mass is 10.1. The molecule has 0 spiro atoms. The van der Waals surface area contributed by atoms with Gasteiger partial charge in [0.15, 0.2) is 0 Å². The predicted molar refractivity (Wildman–Crippen MR) is 77.4 cm³/mol. The monoisotopic (exact) mass is 276 g/mol. The summed E-state index contributed by atoms with van der Waals surface area (Å²) in [5.74, 6) is -1.07. The fourth-order valence-electron chi connectivity index (χ4n) is 2.08. The highest BCUT2D eigenvalue weighted by Crippen LogP contribution is 2.19. The molecule has 2 rings (SSSR count). The topological polar surface area (TPSA) is 29.3 Å². The van der Waals surface area contributed by atoms with E-state index in [0.29, 0.717) is 18.7 Å². The number of benzene rings is 2. The van der Waals surface area contributed by atoms with E-state index in [1.54, 1.807) is 0 Å². The minimum Gasteiger partial charge on any atom is -0.367 e. The Morgan fingerprint density at radius 3 is 2.30 bits per heavy atom. The molecule has 0 aliphatic heterocycles. The molecule has 2 aromatic rings. The number of hydrogen-bond acceptors (Lipinski definition) is 2. The highest BCUT2D eigenvalue weighted by molar-refractivity contribution is 5.48. The van der Waals surface area contributed by atoms with E-state index in [2.05, 4.69) is 0 Å². The van der Waals surface area contributed by atoms with Crippen molar-refractivity contribution < 1.29 is 8.78 Å². The van der Waals surface area contributed by atoms with Gasteiger partial charge in [0.1, 0.15) is 11.6 Å². The van der Waals surface area contributed by atoms with Gasteiger partial charge >= 0.3 is 0 Å². The number of rotatable bonds is 5. The van der Waals surface area contributed by atoms with Gasteiger partial charge in [0.25, 0.3) is 0 Å².